The van der Waals surface area contributed by atoms with E-state index >= 15 is 0 Å². The van der Waals surface area contributed by atoms with E-state index in [1.807, 2.05) is 13.0 Å². The van der Waals surface area contributed by atoms with Crippen LogP contribution in [0.5, 0.6) is 5.75 Å². The van der Waals surface area contributed by atoms with E-state index in [1.54, 1.807) is 0 Å². The van der Waals surface area contributed by atoms with Crippen LogP contribution in [0.1, 0.15) is 30.1 Å². The quantitative estimate of drug-likeness (QED) is 0.737. The Morgan fingerprint density at radius 3 is 2.82 bits per heavy atom. The Morgan fingerprint density at radius 2 is 2.29 bits per heavy atom. The van der Waals surface area contributed by atoms with Gasteiger partial charge >= 0.3 is 0 Å². The summed E-state index contributed by atoms with van der Waals surface area (Å²) >= 11 is 0. The van der Waals surface area contributed by atoms with Crippen LogP contribution in [0.3, 0.4) is 0 Å². The molecule has 0 spiro atoms. The molecule has 17 heavy (non-hydrogen) atoms. The molecule has 0 heterocycles. The van der Waals surface area contributed by atoms with E-state index in [-0.39, 0.29) is 11.5 Å². The lowest BCUT2D eigenvalue weighted by Gasteiger charge is -2.08. The molecule has 0 N–H and O–H groups in total. The van der Waals surface area contributed by atoms with E-state index in [9.17, 15) is 9.18 Å². The fraction of sp³-hybridized carbons (Fsp3) is 0.385. The second-order valence-electron chi connectivity index (χ2n) is 3.68. The third-order valence-corrected chi connectivity index (χ3v) is 2.49. The summed E-state index contributed by atoms with van der Waals surface area (Å²) in [7, 11) is 1.33. The van der Waals surface area contributed by atoms with Crippen molar-refractivity contribution in [2.24, 2.45) is 5.92 Å². The van der Waals surface area contributed by atoms with Crippen LogP contribution in [0, 0.1) is 23.1 Å². The van der Waals surface area contributed by atoms with E-state index in [0.29, 0.717) is 12.0 Å². The summed E-state index contributed by atoms with van der Waals surface area (Å²) in [5, 5.41) is 8.89. The van der Waals surface area contributed by atoms with Gasteiger partial charge < -0.3 is 4.74 Å². The molecule has 4 heteroatoms. The zero-order valence-corrected chi connectivity index (χ0v) is 9.87. The minimum atomic E-state index is -0.671. The van der Waals surface area contributed by atoms with Crippen molar-refractivity contribution in [3.05, 3.63) is 29.6 Å². The number of carbonyl (C=O) groups excluding carboxylic acids is 1. The van der Waals surface area contributed by atoms with Crippen molar-refractivity contribution in [2.45, 2.75) is 19.8 Å². The minimum Gasteiger partial charge on any atom is -0.494 e. The van der Waals surface area contributed by atoms with Gasteiger partial charge in [0.05, 0.1) is 13.2 Å². The Kier molecular flexibility index (Phi) is 4.65. The molecule has 1 rings (SSSR count). The van der Waals surface area contributed by atoms with Crippen molar-refractivity contribution in [1.29, 1.82) is 5.26 Å². The highest BCUT2D eigenvalue weighted by atomic mass is 19.1. The molecule has 0 fully saturated rings. The molecule has 0 saturated heterocycles. The van der Waals surface area contributed by atoms with Crippen LogP contribution >= 0.6 is 0 Å². The number of nitriles is 1. The number of ketones is 1. The van der Waals surface area contributed by atoms with Gasteiger partial charge in [-0.3, -0.25) is 4.79 Å². The lowest BCUT2D eigenvalue weighted by Crippen LogP contribution is -2.13. The first-order valence-corrected chi connectivity index (χ1v) is 5.41. The van der Waals surface area contributed by atoms with Gasteiger partial charge in [0.2, 0.25) is 0 Å². The van der Waals surface area contributed by atoms with Gasteiger partial charge in [-0.25, -0.2) is 4.39 Å². The molecule has 0 amide bonds. The maximum atomic E-state index is 13.2. The summed E-state index contributed by atoms with van der Waals surface area (Å²) in [5.74, 6) is -1.46. The molecule has 0 radical (unpaired) electrons. The number of nitrogens with zero attached hydrogens (tertiary/aromatic N) is 1. The maximum Gasteiger partial charge on any atom is 0.180 e. The van der Waals surface area contributed by atoms with Gasteiger partial charge in [-0.2, -0.15) is 5.26 Å². The van der Waals surface area contributed by atoms with Crippen LogP contribution < -0.4 is 4.74 Å². The van der Waals surface area contributed by atoms with E-state index in [0.717, 1.165) is 6.42 Å². The second kappa shape index (κ2) is 6.00. The van der Waals surface area contributed by atoms with Gasteiger partial charge in [-0.15, -0.1) is 0 Å². The lowest BCUT2D eigenvalue weighted by atomic mass is 9.95. The summed E-state index contributed by atoms with van der Waals surface area (Å²) in [6, 6.07) is 5.85. The number of hydrogen-bond donors (Lipinski definition) is 0. The van der Waals surface area contributed by atoms with Gasteiger partial charge in [0.15, 0.2) is 17.3 Å². The van der Waals surface area contributed by atoms with Crippen LogP contribution in [0.4, 0.5) is 4.39 Å². The number of methoxy groups -OCH3 is 1. The van der Waals surface area contributed by atoms with Crippen molar-refractivity contribution in [3.8, 4) is 11.8 Å². The predicted molar refractivity (Wildman–Crippen MR) is 61.3 cm³/mol. The van der Waals surface area contributed by atoms with Crippen molar-refractivity contribution in [2.75, 3.05) is 7.11 Å². The highest BCUT2D eigenvalue weighted by molar-refractivity contribution is 5.99. The van der Waals surface area contributed by atoms with Gasteiger partial charge in [0.25, 0.3) is 0 Å². The highest BCUT2D eigenvalue weighted by Crippen LogP contribution is 2.21. The van der Waals surface area contributed by atoms with E-state index in [1.165, 1.54) is 25.3 Å². The molecule has 0 aliphatic carbocycles. The van der Waals surface area contributed by atoms with Gasteiger partial charge in [0.1, 0.15) is 5.92 Å². The largest absolute Gasteiger partial charge is 0.494 e. The smallest absolute Gasteiger partial charge is 0.180 e. The Morgan fingerprint density at radius 1 is 1.59 bits per heavy atom. The molecule has 90 valence electrons. The second-order valence-corrected chi connectivity index (χ2v) is 3.68. The predicted octanol–water partition coefficient (Wildman–Crippen LogP) is 2.96. The summed E-state index contributed by atoms with van der Waals surface area (Å²) in [4.78, 5) is 11.9. The summed E-state index contributed by atoms with van der Waals surface area (Å²) in [6.07, 6.45) is 1.26. The fourth-order valence-corrected chi connectivity index (χ4v) is 1.56. The number of rotatable bonds is 5. The van der Waals surface area contributed by atoms with Crippen LogP contribution in [0.15, 0.2) is 18.2 Å². The molecule has 0 saturated carbocycles. The molecule has 1 atom stereocenters. The SMILES string of the molecule is CCCC(C#N)C(=O)c1ccc(F)c(OC)c1. The van der Waals surface area contributed by atoms with Crippen LogP contribution in [0.2, 0.25) is 0 Å². The van der Waals surface area contributed by atoms with Crippen molar-refractivity contribution in [1.82, 2.24) is 0 Å². The first kappa shape index (κ1) is 13.2. The van der Waals surface area contributed by atoms with Crippen LogP contribution in [-0.2, 0) is 0 Å². The average Bonchev–Trinajstić information content (AvgIpc) is 2.35. The zero-order valence-electron chi connectivity index (χ0n) is 9.87. The number of ether oxygens (including phenoxy) is 1. The van der Waals surface area contributed by atoms with E-state index in [4.69, 9.17) is 10.00 Å². The Balaban J connectivity index is 3.00. The third-order valence-electron chi connectivity index (χ3n) is 2.49. The standard InChI is InChI=1S/C13H14FNO2/c1-3-4-10(8-15)13(16)9-5-6-11(14)12(7-9)17-2/h5-7,10H,3-4H2,1-2H3. The molecule has 1 aromatic rings. The monoisotopic (exact) mass is 235 g/mol. The molecular weight excluding hydrogens is 221 g/mol. The zero-order chi connectivity index (χ0) is 12.8. The first-order valence-electron chi connectivity index (χ1n) is 5.41. The van der Waals surface area contributed by atoms with Gasteiger partial charge in [0, 0.05) is 5.56 Å². The number of halogens is 1. The Hall–Kier alpha value is -1.89. The molecule has 0 aliphatic rings. The maximum absolute atomic E-state index is 13.2. The lowest BCUT2D eigenvalue weighted by molar-refractivity contribution is 0.0943. The van der Waals surface area contributed by atoms with Crippen LogP contribution in [-0.4, -0.2) is 12.9 Å². The molecule has 1 aromatic carbocycles. The molecule has 1 unspecified atom stereocenters. The number of hydrogen-bond acceptors (Lipinski definition) is 3. The number of carbonyl (C=O) groups is 1. The van der Waals surface area contributed by atoms with Gasteiger partial charge in [-0.05, 0) is 24.6 Å². The highest BCUT2D eigenvalue weighted by Gasteiger charge is 2.19. The van der Waals surface area contributed by atoms with Gasteiger partial charge in [-0.1, -0.05) is 13.3 Å². The third kappa shape index (κ3) is 3.04. The normalized spacial score (nSPS) is 11.6. The fourth-order valence-electron chi connectivity index (χ4n) is 1.56. The van der Waals surface area contributed by atoms with Crippen molar-refractivity contribution in [3.63, 3.8) is 0 Å². The molecular formula is C13H14FNO2. The molecule has 0 aliphatic heterocycles. The molecule has 3 nitrogen and oxygen atoms in total. The molecule has 0 bridgehead atoms. The summed E-state index contributed by atoms with van der Waals surface area (Å²) < 4.78 is 18.0. The topological polar surface area (TPSA) is 50.1 Å². The minimum absolute atomic E-state index is 0.0176. The number of benzene rings is 1. The van der Waals surface area contributed by atoms with E-state index < -0.39 is 11.7 Å². The Labute approximate surface area is 99.8 Å². The van der Waals surface area contributed by atoms with Crippen molar-refractivity contribution >= 4 is 5.78 Å². The number of Topliss-reactive ketones (excluding diaryl/α,β-unsaturated/α-hetero) is 1. The van der Waals surface area contributed by atoms with Crippen molar-refractivity contribution < 1.29 is 13.9 Å². The van der Waals surface area contributed by atoms with Crippen LogP contribution in [0.25, 0.3) is 0 Å². The molecule has 0 aromatic heterocycles. The first-order chi connectivity index (χ1) is 8.13. The Bertz CT molecular complexity index is 451. The summed E-state index contributed by atoms with van der Waals surface area (Å²) in [6.45, 7) is 1.91. The average molecular weight is 235 g/mol. The summed E-state index contributed by atoms with van der Waals surface area (Å²) in [5.41, 5.74) is 0.309. The van der Waals surface area contributed by atoms with E-state index in [2.05, 4.69) is 0 Å².